The molecular weight excluding hydrogens is 239 g/mol. The molecule has 90 valence electrons. The Morgan fingerprint density at radius 2 is 2.18 bits per heavy atom. The first-order valence-electron chi connectivity index (χ1n) is 5.49. The quantitative estimate of drug-likeness (QED) is 0.819. The maximum Gasteiger partial charge on any atom is 0.226 e. The summed E-state index contributed by atoms with van der Waals surface area (Å²) < 4.78 is 13.2. The van der Waals surface area contributed by atoms with Crippen LogP contribution >= 0.6 is 12.2 Å². The molecule has 0 unspecified atom stereocenters. The van der Waals surface area contributed by atoms with Gasteiger partial charge in [-0.2, -0.15) is 0 Å². The summed E-state index contributed by atoms with van der Waals surface area (Å²) in [7, 11) is 0. The number of hydrogen-bond acceptors (Lipinski definition) is 2. The van der Waals surface area contributed by atoms with Crippen molar-refractivity contribution in [2.75, 3.05) is 11.4 Å². The Labute approximate surface area is 104 Å². The first kappa shape index (κ1) is 12.0. The molecule has 3 nitrogen and oxygen atoms in total. The minimum Gasteiger partial charge on any atom is -0.389 e. The molecule has 1 heterocycles. The molecule has 1 saturated heterocycles. The average molecular weight is 252 g/mol. The van der Waals surface area contributed by atoms with Crippen molar-refractivity contribution in [1.29, 1.82) is 0 Å². The third-order valence-corrected chi connectivity index (χ3v) is 3.06. The number of rotatable bonds is 2. The SMILES string of the molecule is NC(=S)c1cc(F)ccc1N1CCCCC1=O. The van der Waals surface area contributed by atoms with Gasteiger partial charge in [0.05, 0.1) is 5.69 Å². The van der Waals surface area contributed by atoms with Crippen LogP contribution in [0.25, 0.3) is 0 Å². The summed E-state index contributed by atoms with van der Waals surface area (Å²) in [6.45, 7) is 0.639. The molecule has 0 aliphatic carbocycles. The fourth-order valence-corrected chi connectivity index (χ4v) is 2.17. The molecule has 1 aliphatic rings. The molecule has 2 rings (SSSR count). The molecule has 0 radical (unpaired) electrons. The first-order valence-corrected chi connectivity index (χ1v) is 5.90. The van der Waals surface area contributed by atoms with E-state index in [0.717, 1.165) is 12.8 Å². The number of carbonyl (C=O) groups excluding carboxylic acids is 1. The lowest BCUT2D eigenvalue weighted by atomic mass is 10.1. The number of carbonyl (C=O) groups is 1. The average Bonchev–Trinajstić information content (AvgIpc) is 2.30. The number of benzene rings is 1. The second-order valence-electron chi connectivity index (χ2n) is 4.03. The van der Waals surface area contributed by atoms with E-state index >= 15 is 0 Å². The zero-order chi connectivity index (χ0) is 12.4. The molecular formula is C12H13FN2OS. The summed E-state index contributed by atoms with van der Waals surface area (Å²) >= 11 is 4.89. The van der Waals surface area contributed by atoms with Gasteiger partial charge >= 0.3 is 0 Å². The Morgan fingerprint density at radius 3 is 2.82 bits per heavy atom. The minimum absolute atomic E-state index is 0.0420. The van der Waals surface area contributed by atoms with E-state index in [9.17, 15) is 9.18 Å². The van der Waals surface area contributed by atoms with E-state index in [1.165, 1.54) is 12.1 Å². The van der Waals surface area contributed by atoms with E-state index in [-0.39, 0.29) is 10.9 Å². The Hall–Kier alpha value is -1.49. The van der Waals surface area contributed by atoms with Crippen molar-refractivity contribution in [2.45, 2.75) is 19.3 Å². The number of nitrogens with two attached hydrogens (primary N) is 1. The lowest BCUT2D eigenvalue weighted by Gasteiger charge is -2.28. The third-order valence-electron chi connectivity index (χ3n) is 2.84. The Bertz CT molecular complexity index is 476. The highest BCUT2D eigenvalue weighted by molar-refractivity contribution is 7.80. The van der Waals surface area contributed by atoms with Gasteiger partial charge in [-0.05, 0) is 31.0 Å². The number of anilines is 1. The van der Waals surface area contributed by atoms with Crippen LogP contribution < -0.4 is 10.6 Å². The number of nitrogens with zero attached hydrogens (tertiary/aromatic N) is 1. The van der Waals surface area contributed by atoms with Gasteiger partial charge in [0, 0.05) is 18.5 Å². The summed E-state index contributed by atoms with van der Waals surface area (Å²) in [5.74, 6) is -0.360. The molecule has 1 aromatic carbocycles. The van der Waals surface area contributed by atoms with Crippen molar-refractivity contribution in [3.8, 4) is 0 Å². The molecule has 0 atom stereocenters. The molecule has 1 aliphatic heterocycles. The maximum absolute atomic E-state index is 13.2. The van der Waals surface area contributed by atoms with E-state index in [1.807, 2.05) is 0 Å². The Balaban J connectivity index is 2.43. The molecule has 0 spiro atoms. The van der Waals surface area contributed by atoms with Crippen LogP contribution in [0.2, 0.25) is 0 Å². The number of piperidine rings is 1. The van der Waals surface area contributed by atoms with Gasteiger partial charge in [0.25, 0.3) is 0 Å². The normalized spacial score (nSPS) is 16.1. The fraction of sp³-hybridized carbons (Fsp3) is 0.333. The predicted octanol–water partition coefficient (Wildman–Crippen LogP) is 1.98. The summed E-state index contributed by atoms with van der Waals surface area (Å²) in [6.07, 6.45) is 2.37. The lowest BCUT2D eigenvalue weighted by Crippen LogP contribution is -2.36. The van der Waals surface area contributed by atoms with E-state index in [0.29, 0.717) is 24.2 Å². The van der Waals surface area contributed by atoms with Gasteiger partial charge < -0.3 is 10.6 Å². The standard InChI is InChI=1S/C12H13FN2OS/c13-8-4-5-10(9(7-8)12(14)17)15-6-2-1-3-11(15)16/h4-5,7H,1-3,6H2,(H2,14,17). The smallest absolute Gasteiger partial charge is 0.226 e. The largest absolute Gasteiger partial charge is 0.389 e. The summed E-state index contributed by atoms with van der Waals surface area (Å²) in [5, 5.41) is 0. The van der Waals surface area contributed by atoms with Crippen LogP contribution in [0.3, 0.4) is 0 Å². The summed E-state index contributed by atoms with van der Waals surface area (Å²) in [6, 6.07) is 4.16. The van der Waals surface area contributed by atoms with Crippen LogP contribution in [0, 0.1) is 5.82 Å². The number of hydrogen-bond donors (Lipinski definition) is 1. The highest BCUT2D eigenvalue weighted by Crippen LogP contribution is 2.25. The Morgan fingerprint density at radius 1 is 1.41 bits per heavy atom. The zero-order valence-electron chi connectivity index (χ0n) is 9.28. The fourth-order valence-electron chi connectivity index (χ4n) is 2.00. The molecule has 17 heavy (non-hydrogen) atoms. The first-order chi connectivity index (χ1) is 8.09. The number of thiocarbonyl (C=S) groups is 1. The van der Waals surface area contributed by atoms with Crippen LogP contribution in [0.1, 0.15) is 24.8 Å². The van der Waals surface area contributed by atoms with Gasteiger partial charge in [0.1, 0.15) is 10.8 Å². The number of halogens is 1. The molecule has 1 fully saturated rings. The third kappa shape index (κ3) is 2.44. The molecule has 0 saturated carbocycles. The van der Waals surface area contributed by atoms with E-state index in [4.69, 9.17) is 18.0 Å². The molecule has 0 aromatic heterocycles. The molecule has 1 amide bonds. The second kappa shape index (κ2) is 4.79. The molecule has 5 heteroatoms. The van der Waals surface area contributed by atoms with Gasteiger partial charge in [0.2, 0.25) is 5.91 Å². The summed E-state index contributed by atoms with van der Waals surface area (Å²) in [5.41, 5.74) is 6.60. The molecule has 0 bridgehead atoms. The van der Waals surface area contributed by atoms with Gasteiger partial charge in [-0.15, -0.1) is 0 Å². The topological polar surface area (TPSA) is 46.3 Å². The van der Waals surface area contributed by atoms with Crippen molar-refractivity contribution in [1.82, 2.24) is 0 Å². The van der Waals surface area contributed by atoms with Crippen LogP contribution in [-0.4, -0.2) is 17.4 Å². The van der Waals surface area contributed by atoms with Crippen molar-refractivity contribution in [2.24, 2.45) is 5.73 Å². The molecule has 1 aromatic rings. The van der Waals surface area contributed by atoms with Crippen LogP contribution in [0.15, 0.2) is 18.2 Å². The van der Waals surface area contributed by atoms with Crippen molar-refractivity contribution >= 4 is 28.8 Å². The minimum atomic E-state index is -0.402. The highest BCUT2D eigenvalue weighted by atomic mass is 32.1. The van der Waals surface area contributed by atoms with Crippen LogP contribution in [0.4, 0.5) is 10.1 Å². The number of amides is 1. The van der Waals surface area contributed by atoms with Crippen LogP contribution in [-0.2, 0) is 4.79 Å². The molecule has 2 N–H and O–H groups in total. The van der Waals surface area contributed by atoms with Crippen LogP contribution in [0.5, 0.6) is 0 Å². The summed E-state index contributed by atoms with van der Waals surface area (Å²) in [4.78, 5) is 13.5. The van der Waals surface area contributed by atoms with Gasteiger partial charge in [0.15, 0.2) is 0 Å². The second-order valence-corrected chi connectivity index (χ2v) is 4.47. The van der Waals surface area contributed by atoms with Gasteiger partial charge in [-0.25, -0.2) is 4.39 Å². The van der Waals surface area contributed by atoms with Crippen molar-refractivity contribution < 1.29 is 9.18 Å². The van der Waals surface area contributed by atoms with E-state index < -0.39 is 5.82 Å². The zero-order valence-corrected chi connectivity index (χ0v) is 10.1. The lowest BCUT2D eigenvalue weighted by molar-refractivity contribution is -0.119. The Kier molecular flexibility index (Phi) is 3.38. The van der Waals surface area contributed by atoms with Crippen molar-refractivity contribution in [3.63, 3.8) is 0 Å². The monoisotopic (exact) mass is 252 g/mol. The van der Waals surface area contributed by atoms with E-state index in [1.54, 1.807) is 11.0 Å². The highest BCUT2D eigenvalue weighted by Gasteiger charge is 2.22. The van der Waals surface area contributed by atoms with E-state index in [2.05, 4.69) is 0 Å². The van der Waals surface area contributed by atoms with Gasteiger partial charge in [-0.3, -0.25) is 4.79 Å². The van der Waals surface area contributed by atoms with Gasteiger partial charge in [-0.1, -0.05) is 12.2 Å². The maximum atomic E-state index is 13.2. The predicted molar refractivity (Wildman–Crippen MR) is 68.5 cm³/mol. The van der Waals surface area contributed by atoms with Crippen molar-refractivity contribution in [3.05, 3.63) is 29.6 Å².